The molecule has 0 spiro atoms. The lowest BCUT2D eigenvalue weighted by molar-refractivity contribution is 0.0367. The lowest BCUT2D eigenvalue weighted by atomic mass is 9.69. The summed E-state index contributed by atoms with van der Waals surface area (Å²) in [5.41, 5.74) is 0.578. The zero-order valence-electron chi connectivity index (χ0n) is 10.2. The van der Waals surface area contributed by atoms with Gasteiger partial charge in [-0.1, -0.05) is 13.3 Å². The first-order valence-electron chi connectivity index (χ1n) is 6.50. The zero-order valence-corrected chi connectivity index (χ0v) is 11.1. The average Bonchev–Trinajstić information content (AvgIpc) is 2.17. The highest BCUT2D eigenvalue weighted by Crippen LogP contribution is 2.43. The fourth-order valence-electron chi connectivity index (χ4n) is 3.07. The molecule has 2 unspecified atom stereocenters. The first-order chi connectivity index (χ1) is 7.15. The van der Waals surface area contributed by atoms with Gasteiger partial charge >= 0.3 is 0 Å². The van der Waals surface area contributed by atoms with Crippen molar-refractivity contribution in [1.82, 2.24) is 4.90 Å². The minimum absolute atomic E-state index is 0.578. The van der Waals surface area contributed by atoms with Gasteiger partial charge in [0.15, 0.2) is 0 Å². The SMILES string of the molecule is CC1CCC(C)N(CC2(CS)CCC2)C1. The molecule has 2 atom stereocenters. The van der Waals surface area contributed by atoms with E-state index in [0.717, 1.165) is 17.7 Å². The van der Waals surface area contributed by atoms with E-state index in [9.17, 15) is 0 Å². The standard InChI is InChI=1S/C13H25NS/c1-11-4-5-12(2)14(8-11)9-13(10-15)6-3-7-13/h11-12,15H,3-10H2,1-2H3. The van der Waals surface area contributed by atoms with Crippen molar-refractivity contribution in [1.29, 1.82) is 0 Å². The van der Waals surface area contributed by atoms with Crippen LogP contribution in [-0.4, -0.2) is 29.8 Å². The maximum atomic E-state index is 4.56. The van der Waals surface area contributed by atoms with Crippen molar-refractivity contribution in [3.05, 3.63) is 0 Å². The number of piperidine rings is 1. The van der Waals surface area contributed by atoms with Crippen LogP contribution >= 0.6 is 12.6 Å². The second-order valence-corrected chi connectivity index (χ2v) is 6.29. The van der Waals surface area contributed by atoms with Crippen LogP contribution in [0.2, 0.25) is 0 Å². The summed E-state index contributed by atoms with van der Waals surface area (Å²) in [4.78, 5) is 2.73. The molecule has 0 aromatic carbocycles. The molecule has 0 N–H and O–H groups in total. The van der Waals surface area contributed by atoms with Gasteiger partial charge in [0.25, 0.3) is 0 Å². The first-order valence-corrected chi connectivity index (χ1v) is 7.13. The number of rotatable bonds is 3. The average molecular weight is 227 g/mol. The van der Waals surface area contributed by atoms with Crippen LogP contribution in [0.25, 0.3) is 0 Å². The molecule has 2 aliphatic rings. The predicted octanol–water partition coefficient (Wildman–Crippen LogP) is 3.21. The molecule has 88 valence electrons. The van der Waals surface area contributed by atoms with Crippen molar-refractivity contribution < 1.29 is 0 Å². The normalized spacial score (nSPS) is 36.2. The lowest BCUT2D eigenvalue weighted by Gasteiger charge is -2.48. The van der Waals surface area contributed by atoms with Gasteiger partial charge < -0.3 is 0 Å². The van der Waals surface area contributed by atoms with Crippen molar-refractivity contribution >= 4 is 12.6 Å². The fourth-order valence-corrected chi connectivity index (χ4v) is 3.49. The number of hydrogen-bond acceptors (Lipinski definition) is 2. The van der Waals surface area contributed by atoms with Crippen LogP contribution in [0.5, 0.6) is 0 Å². The minimum Gasteiger partial charge on any atom is -0.300 e. The molecular weight excluding hydrogens is 202 g/mol. The fraction of sp³-hybridized carbons (Fsp3) is 1.00. The van der Waals surface area contributed by atoms with Crippen molar-refractivity contribution in [3.8, 4) is 0 Å². The molecule has 2 rings (SSSR count). The molecule has 1 aliphatic carbocycles. The van der Waals surface area contributed by atoms with E-state index in [0.29, 0.717) is 5.41 Å². The summed E-state index contributed by atoms with van der Waals surface area (Å²) in [6.07, 6.45) is 7.07. The number of nitrogens with zero attached hydrogens (tertiary/aromatic N) is 1. The van der Waals surface area contributed by atoms with E-state index in [1.54, 1.807) is 0 Å². The van der Waals surface area contributed by atoms with Crippen LogP contribution in [0.3, 0.4) is 0 Å². The van der Waals surface area contributed by atoms with E-state index in [1.165, 1.54) is 45.2 Å². The van der Waals surface area contributed by atoms with E-state index >= 15 is 0 Å². The van der Waals surface area contributed by atoms with Gasteiger partial charge in [0.1, 0.15) is 0 Å². The molecule has 1 saturated heterocycles. The van der Waals surface area contributed by atoms with E-state index < -0.39 is 0 Å². The Labute approximate surface area is 100 Å². The highest BCUT2D eigenvalue weighted by atomic mass is 32.1. The molecule has 2 fully saturated rings. The van der Waals surface area contributed by atoms with Crippen LogP contribution < -0.4 is 0 Å². The van der Waals surface area contributed by atoms with Crippen molar-refractivity contribution in [2.45, 2.75) is 52.0 Å². The summed E-state index contributed by atoms with van der Waals surface area (Å²) < 4.78 is 0. The summed E-state index contributed by atoms with van der Waals surface area (Å²) in [6.45, 7) is 7.42. The minimum atomic E-state index is 0.578. The maximum Gasteiger partial charge on any atom is 0.00673 e. The first kappa shape index (κ1) is 11.8. The van der Waals surface area contributed by atoms with Crippen LogP contribution in [0.1, 0.15) is 46.0 Å². The molecule has 1 aliphatic heterocycles. The monoisotopic (exact) mass is 227 g/mol. The molecule has 0 aromatic heterocycles. The molecule has 0 radical (unpaired) electrons. The van der Waals surface area contributed by atoms with Gasteiger partial charge in [-0.05, 0) is 49.7 Å². The number of thiol groups is 1. The Kier molecular flexibility index (Phi) is 3.67. The van der Waals surface area contributed by atoms with Gasteiger partial charge in [-0.3, -0.25) is 4.90 Å². The second kappa shape index (κ2) is 4.67. The molecule has 1 nitrogen and oxygen atoms in total. The van der Waals surface area contributed by atoms with E-state index in [-0.39, 0.29) is 0 Å². The van der Waals surface area contributed by atoms with E-state index in [2.05, 4.69) is 31.4 Å². The lowest BCUT2D eigenvalue weighted by Crippen LogP contribution is -2.50. The third-order valence-corrected chi connectivity index (χ3v) is 5.21. The smallest absolute Gasteiger partial charge is 0.00673 e. The largest absolute Gasteiger partial charge is 0.300 e. The molecular formula is C13H25NS. The Balaban J connectivity index is 1.91. The summed E-state index contributed by atoms with van der Waals surface area (Å²) >= 11 is 4.56. The zero-order chi connectivity index (χ0) is 10.9. The van der Waals surface area contributed by atoms with E-state index in [1.807, 2.05) is 0 Å². The summed E-state index contributed by atoms with van der Waals surface area (Å²) in [7, 11) is 0. The third-order valence-electron chi connectivity index (χ3n) is 4.53. The molecule has 15 heavy (non-hydrogen) atoms. The van der Waals surface area contributed by atoms with Gasteiger partial charge in [0, 0.05) is 19.1 Å². The van der Waals surface area contributed by atoms with Crippen LogP contribution in [-0.2, 0) is 0 Å². The van der Waals surface area contributed by atoms with Gasteiger partial charge in [-0.25, -0.2) is 0 Å². The molecule has 1 heterocycles. The van der Waals surface area contributed by atoms with Crippen molar-refractivity contribution in [2.75, 3.05) is 18.8 Å². The number of hydrogen-bond donors (Lipinski definition) is 1. The predicted molar refractivity (Wildman–Crippen MR) is 69.6 cm³/mol. The van der Waals surface area contributed by atoms with Crippen LogP contribution in [0.15, 0.2) is 0 Å². The molecule has 0 bridgehead atoms. The molecule has 0 amide bonds. The quantitative estimate of drug-likeness (QED) is 0.725. The van der Waals surface area contributed by atoms with Gasteiger partial charge in [-0.2, -0.15) is 12.6 Å². The van der Waals surface area contributed by atoms with Gasteiger partial charge in [-0.15, -0.1) is 0 Å². The third kappa shape index (κ3) is 2.52. The van der Waals surface area contributed by atoms with Crippen LogP contribution in [0, 0.1) is 11.3 Å². The second-order valence-electron chi connectivity index (χ2n) is 5.97. The van der Waals surface area contributed by atoms with Crippen LogP contribution in [0.4, 0.5) is 0 Å². The van der Waals surface area contributed by atoms with Crippen molar-refractivity contribution in [3.63, 3.8) is 0 Å². The maximum absolute atomic E-state index is 4.56. The highest BCUT2D eigenvalue weighted by Gasteiger charge is 2.38. The Morgan fingerprint density at radius 1 is 1.27 bits per heavy atom. The Hall–Kier alpha value is 0.310. The Morgan fingerprint density at radius 2 is 2.00 bits per heavy atom. The topological polar surface area (TPSA) is 3.24 Å². The summed E-state index contributed by atoms with van der Waals surface area (Å²) in [5, 5.41) is 0. The van der Waals surface area contributed by atoms with Gasteiger partial charge in [0.2, 0.25) is 0 Å². The Morgan fingerprint density at radius 3 is 2.53 bits per heavy atom. The van der Waals surface area contributed by atoms with Crippen molar-refractivity contribution in [2.24, 2.45) is 11.3 Å². The number of likely N-dealkylation sites (tertiary alicyclic amines) is 1. The summed E-state index contributed by atoms with van der Waals surface area (Å²) in [5.74, 6) is 1.99. The highest BCUT2D eigenvalue weighted by molar-refractivity contribution is 7.80. The van der Waals surface area contributed by atoms with E-state index in [4.69, 9.17) is 0 Å². The molecule has 2 heteroatoms. The summed E-state index contributed by atoms with van der Waals surface area (Å²) in [6, 6.07) is 0.804. The van der Waals surface area contributed by atoms with Gasteiger partial charge in [0.05, 0.1) is 0 Å². The molecule has 1 saturated carbocycles. The Bertz CT molecular complexity index is 207. The molecule has 0 aromatic rings.